The fraction of sp³-hybridized carbons (Fsp3) is 0.227. The van der Waals surface area contributed by atoms with Crippen LogP contribution in [0.2, 0.25) is 0 Å². The van der Waals surface area contributed by atoms with Crippen LogP contribution in [0, 0.1) is 6.92 Å². The van der Waals surface area contributed by atoms with Crippen LogP contribution in [0.4, 0.5) is 4.79 Å². The summed E-state index contributed by atoms with van der Waals surface area (Å²) in [6.45, 7) is 4.00. The molecule has 0 unspecified atom stereocenters. The Kier molecular flexibility index (Phi) is 4.25. The van der Waals surface area contributed by atoms with Crippen LogP contribution >= 0.6 is 11.3 Å². The van der Waals surface area contributed by atoms with E-state index in [2.05, 4.69) is 10.3 Å². The van der Waals surface area contributed by atoms with Gasteiger partial charge in [0.15, 0.2) is 11.5 Å². The van der Waals surface area contributed by atoms with Crippen molar-refractivity contribution in [2.45, 2.75) is 25.9 Å². The standard InChI is InChI=1S/C22H19N3O4S/c1-13-3-5-14(6-4-13)19-23-16(11-30-19)10-25-20(26)22(2,24-21(25)27)15-7-8-17-18(9-15)29-12-28-17/h3-9,11H,10,12H2,1-2H3,(H,24,27)/t22-/m0/s1. The number of imide groups is 1. The molecule has 2 aromatic carbocycles. The molecule has 2 aliphatic heterocycles. The van der Waals surface area contributed by atoms with Gasteiger partial charge in [0.1, 0.15) is 10.5 Å². The Bertz CT molecular complexity index is 1160. The maximum absolute atomic E-state index is 13.2. The van der Waals surface area contributed by atoms with E-state index in [1.54, 1.807) is 25.1 Å². The van der Waals surface area contributed by atoms with Crippen LogP contribution in [0.3, 0.4) is 0 Å². The third-order valence-corrected chi connectivity index (χ3v) is 6.34. The predicted octanol–water partition coefficient (Wildman–Crippen LogP) is 3.81. The van der Waals surface area contributed by atoms with E-state index in [4.69, 9.17) is 9.47 Å². The average molecular weight is 421 g/mol. The van der Waals surface area contributed by atoms with E-state index in [0.717, 1.165) is 10.6 Å². The Labute approximate surface area is 177 Å². The number of carbonyl (C=O) groups excluding carboxylic acids is 2. The van der Waals surface area contributed by atoms with Crippen LogP contribution in [0.1, 0.15) is 23.7 Å². The zero-order valence-electron chi connectivity index (χ0n) is 16.5. The zero-order valence-corrected chi connectivity index (χ0v) is 17.3. The van der Waals surface area contributed by atoms with Gasteiger partial charge in [0.25, 0.3) is 5.91 Å². The van der Waals surface area contributed by atoms with Gasteiger partial charge in [-0.25, -0.2) is 9.78 Å². The highest BCUT2D eigenvalue weighted by atomic mass is 32.1. The number of fused-ring (bicyclic) bond motifs is 1. The van der Waals surface area contributed by atoms with Crippen LogP contribution in [-0.2, 0) is 16.9 Å². The van der Waals surface area contributed by atoms with E-state index in [9.17, 15) is 9.59 Å². The second-order valence-corrected chi connectivity index (χ2v) is 8.38. The van der Waals surface area contributed by atoms with E-state index in [0.29, 0.717) is 22.8 Å². The molecule has 7 nitrogen and oxygen atoms in total. The molecule has 2 aliphatic rings. The second-order valence-electron chi connectivity index (χ2n) is 7.52. The summed E-state index contributed by atoms with van der Waals surface area (Å²) in [7, 11) is 0. The van der Waals surface area contributed by atoms with Crippen LogP contribution in [0.5, 0.6) is 11.5 Å². The van der Waals surface area contributed by atoms with Gasteiger partial charge < -0.3 is 14.8 Å². The number of nitrogens with zero attached hydrogens (tertiary/aromatic N) is 2. The molecule has 5 rings (SSSR count). The number of hydrogen-bond donors (Lipinski definition) is 1. The summed E-state index contributed by atoms with van der Waals surface area (Å²) in [4.78, 5) is 31.7. The Morgan fingerprint density at radius 1 is 1.13 bits per heavy atom. The van der Waals surface area contributed by atoms with Crippen LogP contribution < -0.4 is 14.8 Å². The van der Waals surface area contributed by atoms with Crippen molar-refractivity contribution in [2.75, 3.05) is 6.79 Å². The fourth-order valence-electron chi connectivity index (χ4n) is 3.61. The number of benzene rings is 2. The molecule has 1 atom stereocenters. The molecule has 3 heterocycles. The molecule has 0 bridgehead atoms. The van der Waals surface area contributed by atoms with Gasteiger partial charge in [0, 0.05) is 10.9 Å². The number of ether oxygens (including phenoxy) is 2. The number of carbonyl (C=O) groups is 2. The van der Waals surface area contributed by atoms with E-state index < -0.39 is 11.6 Å². The second kappa shape index (κ2) is 6.84. The highest BCUT2D eigenvalue weighted by Gasteiger charge is 2.49. The van der Waals surface area contributed by atoms with Gasteiger partial charge in [-0.3, -0.25) is 9.69 Å². The molecule has 1 aromatic heterocycles. The lowest BCUT2D eigenvalue weighted by Gasteiger charge is -2.22. The van der Waals surface area contributed by atoms with Gasteiger partial charge >= 0.3 is 6.03 Å². The summed E-state index contributed by atoms with van der Waals surface area (Å²) in [5.41, 5.74) is 2.34. The van der Waals surface area contributed by atoms with Gasteiger partial charge in [-0.1, -0.05) is 35.9 Å². The molecule has 3 amide bonds. The van der Waals surface area contributed by atoms with Crippen molar-refractivity contribution >= 4 is 23.3 Å². The maximum atomic E-state index is 13.2. The summed E-state index contributed by atoms with van der Waals surface area (Å²) in [6, 6.07) is 12.9. The maximum Gasteiger partial charge on any atom is 0.325 e. The first-order valence-corrected chi connectivity index (χ1v) is 10.4. The van der Waals surface area contributed by atoms with E-state index in [-0.39, 0.29) is 19.2 Å². The number of aromatic nitrogens is 1. The molecule has 0 saturated carbocycles. The smallest absolute Gasteiger partial charge is 0.325 e. The molecule has 1 N–H and O–H groups in total. The number of thiazole rings is 1. The molecule has 152 valence electrons. The van der Waals surface area contributed by atoms with Gasteiger partial charge in [-0.15, -0.1) is 11.3 Å². The number of amides is 3. The highest BCUT2D eigenvalue weighted by molar-refractivity contribution is 7.13. The van der Waals surface area contributed by atoms with E-state index in [1.807, 2.05) is 36.6 Å². The number of nitrogens with one attached hydrogen (secondary N) is 1. The summed E-state index contributed by atoms with van der Waals surface area (Å²) in [6.07, 6.45) is 0. The lowest BCUT2D eigenvalue weighted by Crippen LogP contribution is -2.40. The van der Waals surface area contributed by atoms with Crippen molar-refractivity contribution in [3.05, 3.63) is 64.7 Å². The highest BCUT2D eigenvalue weighted by Crippen LogP contribution is 2.38. The average Bonchev–Trinajstić information content (AvgIpc) is 3.44. The van der Waals surface area contributed by atoms with E-state index in [1.165, 1.54) is 21.8 Å². The molecule has 8 heteroatoms. The number of hydrogen-bond acceptors (Lipinski definition) is 6. The fourth-order valence-corrected chi connectivity index (χ4v) is 4.43. The minimum atomic E-state index is -1.17. The van der Waals surface area contributed by atoms with Gasteiger partial charge in [-0.2, -0.15) is 0 Å². The third kappa shape index (κ3) is 3.00. The first kappa shape index (κ1) is 18.6. The number of urea groups is 1. The molecule has 0 aliphatic carbocycles. The first-order valence-electron chi connectivity index (χ1n) is 9.50. The monoisotopic (exact) mass is 421 g/mol. The van der Waals surface area contributed by atoms with Crippen molar-refractivity contribution in [1.29, 1.82) is 0 Å². The Morgan fingerprint density at radius 2 is 1.90 bits per heavy atom. The van der Waals surface area contributed by atoms with Crippen LogP contribution in [-0.4, -0.2) is 28.6 Å². The normalized spacial score (nSPS) is 20.0. The Hall–Kier alpha value is -3.39. The molecule has 3 aromatic rings. The van der Waals surface area contributed by atoms with Crippen LogP contribution in [0.15, 0.2) is 47.8 Å². The molecule has 1 fully saturated rings. The molecular weight excluding hydrogens is 402 g/mol. The number of aryl methyl sites for hydroxylation is 1. The van der Waals surface area contributed by atoms with Crippen molar-refractivity contribution in [2.24, 2.45) is 0 Å². The topological polar surface area (TPSA) is 80.8 Å². The Balaban J connectivity index is 1.38. The molecular formula is C22H19N3O4S. The van der Waals surface area contributed by atoms with Gasteiger partial charge in [0.2, 0.25) is 6.79 Å². The van der Waals surface area contributed by atoms with Crippen molar-refractivity contribution in [1.82, 2.24) is 15.2 Å². The minimum absolute atomic E-state index is 0.118. The lowest BCUT2D eigenvalue weighted by atomic mass is 9.91. The number of rotatable bonds is 4. The van der Waals surface area contributed by atoms with Gasteiger partial charge in [-0.05, 0) is 31.5 Å². The minimum Gasteiger partial charge on any atom is -0.454 e. The molecule has 0 radical (unpaired) electrons. The SMILES string of the molecule is Cc1ccc(-c2nc(CN3C(=O)N[C@@](C)(c4ccc5c(c4)OCO5)C3=O)cs2)cc1. The van der Waals surface area contributed by atoms with Crippen molar-refractivity contribution in [3.63, 3.8) is 0 Å². The van der Waals surface area contributed by atoms with Crippen molar-refractivity contribution in [3.8, 4) is 22.1 Å². The Morgan fingerprint density at radius 3 is 2.70 bits per heavy atom. The summed E-state index contributed by atoms with van der Waals surface area (Å²) in [5.74, 6) is 0.870. The van der Waals surface area contributed by atoms with Crippen LogP contribution in [0.25, 0.3) is 10.6 Å². The predicted molar refractivity (Wildman–Crippen MR) is 111 cm³/mol. The summed E-state index contributed by atoms with van der Waals surface area (Å²) in [5, 5.41) is 5.56. The molecule has 1 saturated heterocycles. The zero-order chi connectivity index (χ0) is 20.9. The third-order valence-electron chi connectivity index (χ3n) is 5.40. The molecule has 30 heavy (non-hydrogen) atoms. The van der Waals surface area contributed by atoms with Gasteiger partial charge in [0.05, 0.1) is 12.2 Å². The van der Waals surface area contributed by atoms with Crippen molar-refractivity contribution < 1.29 is 19.1 Å². The quantitative estimate of drug-likeness (QED) is 0.648. The lowest BCUT2D eigenvalue weighted by molar-refractivity contribution is -0.131. The summed E-state index contributed by atoms with van der Waals surface area (Å²) < 4.78 is 10.7. The van der Waals surface area contributed by atoms with E-state index >= 15 is 0 Å². The largest absolute Gasteiger partial charge is 0.454 e. The summed E-state index contributed by atoms with van der Waals surface area (Å²) >= 11 is 1.49. The first-order chi connectivity index (χ1) is 14.4. The molecule has 0 spiro atoms.